The van der Waals surface area contributed by atoms with Gasteiger partial charge in [-0.1, -0.05) is 42.5 Å². The number of benzene rings is 4. The molecule has 1 saturated heterocycles. The van der Waals surface area contributed by atoms with Crippen molar-refractivity contribution in [3.8, 4) is 23.0 Å². The van der Waals surface area contributed by atoms with Gasteiger partial charge in [-0.05, 0) is 60.7 Å². The monoisotopic (exact) mass is 641 g/mol. The zero-order chi connectivity index (χ0) is 31.8. The highest BCUT2D eigenvalue weighted by atomic mass is 32.2. The molecule has 2 aliphatic rings. The Labute approximate surface area is 256 Å². The summed E-state index contributed by atoms with van der Waals surface area (Å²) in [5.74, 6) is 0.653. The van der Waals surface area contributed by atoms with E-state index in [2.05, 4.69) is 9.46 Å². The van der Waals surface area contributed by atoms with Crippen molar-refractivity contribution in [2.45, 2.75) is 29.4 Å². The van der Waals surface area contributed by atoms with Crippen LogP contribution in [0.2, 0.25) is 0 Å². The van der Waals surface area contributed by atoms with Crippen LogP contribution >= 0.6 is 0 Å². The maximum atomic E-state index is 13.4. The second-order valence-corrected chi connectivity index (χ2v) is 12.0. The van der Waals surface area contributed by atoms with E-state index >= 15 is 0 Å². The maximum Gasteiger partial charge on any atom is 0.573 e. The minimum atomic E-state index is -4.95. The minimum Gasteiger partial charge on any atom is -0.453 e. The first kappa shape index (κ1) is 30.2. The first-order valence-electron chi connectivity index (χ1n) is 13.7. The van der Waals surface area contributed by atoms with Crippen LogP contribution in [0.1, 0.15) is 0 Å². The lowest BCUT2D eigenvalue weighted by Crippen LogP contribution is -2.66. The van der Waals surface area contributed by atoms with Gasteiger partial charge >= 0.3 is 12.5 Å². The molecule has 10 nitrogen and oxygen atoms in total. The van der Waals surface area contributed by atoms with Gasteiger partial charge in [0.15, 0.2) is 11.5 Å². The predicted octanol–water partition coefficient (Wildman–Crippen LogP) is 5.42. The van der Waals surface area contributed by atoms with Crippen molar-refractivity contribution in [2.75, 3.05) is 18.0 Å². The van der Waals surface area contributed by atoms with E-state index in [0.29, 0.717) is 22.9 Å². The van der Waals surface area contributed by atoms with Gasteiger partial charge in [0.25, 0.3) is 0 Å². The van der Waals surface area contributed by atoms with Crippen molar-refractivity contribution in [1.82, 2.24) is 9.62 Å². The van der Waals surface area contributed by atoms with Gasteiger partial charge in [-0.3, -0.25) is 0 Å². The summed E-state index contributed by atoms with van der Waals surface area (Å²) >= 11 is 0. The molecule has 4 aromatic carbocycles. The molecule has 3 atom stereocenters. The summed E-state index contributed by atoms with van der Waals surface area (Å²) in [5.41, 5.74) is 1.17. The number of likely N-dealkylation sites (tertiary alicyclic amines) is 1. The van der Waals surface area contributed by atoms with Crippen molar-refractivity contribution >= 4 is 27.5 Å². The molecule has 0 bridgehead atoms. The molecular formula is C31H26F3N3O7S. The Bertz CT molecular complexity index is 1740. The van der Waals surface area contributed by atoms with Crippen LogP contribution in [-0.2, 0) is 10.0 Å². The number of nitrogens with one attached hydrogen (secondary N) is 1. The Hall–Kier alpha value is -4.79. The van der Waals surface area contributed by atoms with E-state index in [0.717, 1.165) is 24.3 Å². The van der Waals surface area contributed by atoms with Crippen LogP contribution in [0.4, 0.5) is 29.3 Å². The van der Waals surface area contributed by atoms with E-state index in [1.807, 2.05) is 0 Å². The number of amides is 1. The summed E-state index contributed by atoms with van der Waals surface area (Å²) in [4.78, 5) is 16.1. The summed E-state index contributed by atoms with van der Waals surface area (Å²) in [6.07, 6.45) is -7.10. The SMILES string of the molecule is O=C(Oc1ccccc1)N1C[C@@H](NS(=O)(=O)c2ccc(OC(F)(F)F)cc2)[C@H](O)[C@@H](N2c3ccccc3Oc3ccccc32)C1. The fourth-order valence-corrected chi connectivity index (χ4v) is 6.59. The lowest BCUT2D eigenvalue weighted by Gasteiger charge is -2.47. The maximum absolute atomic E-state index is 13.4. The summed E-state index contributed by atoms with van der Waals surface area (Å²) in [7, 11) is -4.41. The van der Waals surface area contributed by atoms with E-state index in [9.17, 15) is 31.5 Å². The number of hydrogen-bond donors (Lipinski definition) is 2. The summed E-state index contributed by atoms with van der Waals surface area (Å²) < 4.78 is 82.6. The van der Waals surface area contributed by atoms with E-state index < -0.39 is 46.4 Å². The van der Waals surface area contributed by atoms with Gasteiger partial charge in [0.2, 0.25) is 10.0 Å². The zero-order valence-electron chi connectivity index (χ0n) is 23.3. The predicted molar refractivity (Wildman–Crippen MR) is 156 cm³/mol. The normalized spacial score (nSPS) is 19.6. The van der Waals surface area contributed by atoms with E-state index in [1.54, 1.807) is 83.8 Å². The minimum absolute atomic E-state index is 0.0583. The first-order chi connectivity index (χ1) is 21.5. The lowest BCUT2D eigenvalue weighted by atomic mass is 9.94. The summed E-state index contributed by atoms with van der Waals surface area (Å²) in [6, 6.07) is 24.0. The number of halogens is 3. The molecule has 0 aromatic heterocycles. The molecule has 0 radical (unpaired) electrons. The van der Waals surface area contributed by atoms with Crippen LogP contribution in [0, 0.1) is 0 Å². The fraction of sp³-hybridized carbons (Fsp3) is 0.194. The Morgan fingerprint density at radius 3 is 2.00 bits per heavy atom. The molecule has 1 fully saturated rings. The van der Waals surface area contributed by atoms with Crippen LogP contribution in [0.5, 0.6) is 23.0 Å². The highest BCUT2D eigenvalue weighted by molar-refractivity contribution is 7.89. The third kappa shape index (κ3) is 6.53. The van der Waals surface area contributed by atoms with Crippen molar-refractivity contribution in [3.63, 3.8) is 0 Å². The standard InChI is InChI=1S/C31H26F3N3O7S/c32-31(33,34)44-21-14-16-22(17-15-21)45(40,41)35-23-18-36(30(39)42-20-8-2-1-3-9-20)19-26(29(23)38)37-24-10-4-6-12-27(24)43-28-13-7-5-11-25(28)37/h1-17,23,26,29,35,38H,18-19H2/t23-,26+,29+/m1/s1. The van der Waals surface area contributed by atoms with Crippen LogP contribution in [0.15, 0.2) is 108 Å². The molecule has 234 valence electrons. The molecule has 2 N–H and O–H groups in total. The number of carbonyl (C=O) groups excluding carboxylic acids is 1. The third-order valence-corrected chi connectivity index (χ3v) is 8.82. The first-order valence-corrected chi connectivity index (χ1v) is 15.2. The number of alkyl halides is 3. The Morgan fingerprint density at radius 1 is 0.822 bits per heavy atom. The van der Waals surface area contributed by atoms with Crippen LogP contribution in [0.25, 0.3) is 0 Å². The second kappa shape index (κ2) is 12.0. The topological polar surface area (TPSA) is 118 Å². The molecule has 1 amide bonds. The smallest absolute Gasteiger partial charge is 0.453 e. The lowest BCUT2D eigenvalue weighted by molar-refractivity contribution is -0.274. The molecule has 0 unspecified atom stereocenters. The number of anilines is 2. The number of nitrogens with zero attached hydrogens (tertiary/aromatic N) is 2. The molecule has 14 heteroatoms. The molecule has 6 rings (SSSR count). The molecule has 0 spiro atoms. The molecular weight excluding hydrogens is 615 g/mol. The number of fused-ring (bicyclic) bond motifs is 2. The Balaban J connectivity index is 1.34. The van der Waals surface area contributed by atoms with E-state index in [4.69, 9.17) is 9.47 Å². The number of rotatable bonds is 6. The van der Waals surface area contributed by atoms with Crippen molar-refractivity contribution in [3.05, 3.63) is 103 Å². The molecule has 2 aliphatic heterocycles. The fourth-order valence-electron chi connectivity index (χ4n) is 5.34. The second-order valence-electron chi connectivity index (χ2n) is 10.3. The molecule has 4 aromatic rings. The largest absolute Gasteiger partial charge is 0.573 e. The third-order valence-electron chi connectivity index (χ3n) is 7.31. The van der Waals surface area contributed by atoms with Gasteiger partial charge in [-0.2, -0.15) is 0 Å². The van der Waals surface area contributed by atoms with Gasteiger partial charge in [0.1, 0.15) is 11.5 Å². The Kier molecular flexibility index (Phi) is 8.03. The Morgan fingerprint density at radius 2 is 1.40 bits per heavy atom. The number of sulfonamides is 1. The van der Waals surface area contributed by atoms with Gasteiger partial charge in [-0.15, -0.1) is 13.2 Å². The average Bonchev–Trinajstić information content (AvgIpc) is 3.01. The number of ether oxygens (including phenoxy) is 3. The van der Waals surface area contributed by atoms with Crippen molar-refractivity contribution in [1.29, 1.82) is 0 Å². The number of carbonyl (C=O) groups is 1. The number of aliphatic hydroxyl groups is 1. The van der Waals surface area contributed by atoms with Gasteiger partial charge in [-0.25, -0.2) is 17.9 Å². The van der Waals surface area contributed by atoms with Crippen LogP contribution in [-0.4, -0.2) is 62.2 Å². The van der Waals surface area contributed by atoms with E-state index in [-0.39, 0.29) is 23.7 Å². The quantitative estimate of drug-likeness (QED) is 0.287. The highest BCUT2D eigenvalue weighted by Gasteiger charge is 2.45. The van der Waals surface area contributed by atoms with Crippen LogP contribution < -0.4 is 23.8 Å². The zero-order valence-corrected chi connectivity index (χ0v) is 24.1. The van der Waals surface area contributed by atoms with Crippen molar-refractivity contribution in [2.24, 2.45) is 0 Å². The summed E-state index contributed by atoms with van der Waals surface area (Å²) in [6.45, 7) is -0.331. The summed E-state index contributed by atoms with van der Waals surface area (Å²) in [5, 5.41) is 11.8. The number of para-hydroxylation sites is 5. The number of aliphatic hydroxyl groups excluding tert-OH is 1. The van der Waals surface area contributed by atoms with Gasteiger partial charge < -0.3 is 29.1 Å². The van der Waals surface area contributed by atoms with Gasteiger partial charge in [0, 0.05) is 13.1 Å². The molecule has 2 heterocycles. The molecule has 0 aliphatic carbocycles. The molecule has 0 saturated carbocycles. The van der Waals surface area contributed by atoms with Crippen molar-refractivity contribution < 1.29 is 45.7 Å². The average molecular weight is 642 g/mol. The highest BCUT2D eigenvalue weighted by Crippen LogP contribution is 2.48. The van der Waals surface area contributed by atoms with E-state index in [1.165, 1.54) is 4.90 Å². The number of hydrogen-bond acceptors (Lipinski definition) is 8. The molecule has 45 heavy (non-hydrogen) atoms. The van der Waals surface area contributed by atoms with Crippen LogP contribution in [0.3, 0.4) is 0 Å². The number of piperidine rings is 1. The van der Waals surface area contributed by atoms with Gasteiger partial charge in [0.05, 0.1) is 34.5 Å².